The molecule has 0 spiro atoms. The Morgan fingerprint density at radius 1 is 1.21 bits per heavy atom. The Hall–Kier alpha value is -1.10. The maximum Gasteiger partial charge on any atom is 0.323 e. The Kier molecular flexibility index (Phi) is 4.13. The first-order valence-corrected chi connectivity index (χ1v) is 7.09. The first-order chi connectivity index (χ1) is 8.89. The fourth-order valence-corrected chi connectivity index (χ4v) is 2.74. The molecule has 0 aromatic heterocycles. The SMILES string of the molecule is CC(C)(C)C(=O)N1CCCN([C@@H]2CCOC2=O)CC1. The lowest BCUT2D eigenvalue weighted by atomic mass is 9.94. The Labute approximate surface area is 114 Å². The van der Waals surface area contributed by atoms with E-state index in [1.54, 1.807) is 0 Å². The number of amides is 1. The van der Waals surface area contributed by atoms with Gasteiger partial charge in [-0.25, -0.2) is 0 Å². The zero-order chi connectivity index (χ0) is 14.0. The number of nitrogens with zero attached hydrogens (tertiary/aromatic N) is 2. The first-order valence-electron chi connectivity index (χ1n) is 7.09. The molecule has 0 radical (unpaired) electrons. The van der Waals surface area contributed by atoms with Crippen LogP contribution in [0.5, 0.6) is 0 Å². The molecule has 2 saturated heterocycles. The average molecular weight is 268 g/mol. The number of carbonyl (C=O) groups excluding carboxylic acids is 2. The van der Waals surface area contributed by atoms with Crippen molar-refractivity contribution in [3.8, 4) is 0 Å². The second kappa shape index (κ2) is 5.49. The van der Waals surface area contributed by atoms with Crippen molar-refractivity contribution in [1.82, 2.24) is 9.80 Å². The van der Waals surface area contributed by atoms with Gasteiger partial charge in [0.1, 0.15) is 6.04 Å². The zero-order valence-corrected chi connectivity index (χ0v) is 12.1. The van der Waals surface area contributed by atoms with E-state index in [2.05, 4.69) is 4.90 Å². The summed E-state index contributed by atoms with van der Waals surface area (Å²) < 4.78 is 5.03. The smallest absolute Gasteiger partial charge is 0.323 e. The number of esters is 1. The van der Waals surface area contributed by atoms with Gasteiger partial charge in [0.2, 0.25) is 5.91 Å². The maximum atomic E-state index is 12.3. The lowest BCUT2D eigenvalue weighted by Gasteiger charge is -2.29. The molecule has 0 N–H and O–H groups in total. The van der Waals surface area contributed by atoms with Gasteiger partial charge in [-0.15, -0.1) is 0 Å². The molecule has 2 aliphatic heterocycles. The summed E-state index contributed by atoms with van der Waals surface area (Å²) >= 11 is 0. The van der Waals surface area contributed by atoms with Crippen LogP contribution in [0.4, 0.5) is 0 Å². The summed E-state index contributed by atoms with van der Waals surface area (Å²) in [7, 11) is 0. The molecule has 5 nitrogen and oxygen atoms in total. The van der Waals surface area contributed by atoms with Crippen LogP contribution in [0.2, 0.25) is 0 Å². The Morgan fingerprint density at radius 3 is 2.53 bits per heavy atom. The minimum absolute atomic E-state index is 0.0929. The molecule has 1 amide bonds. The molecule has 19 heavy (non-hydrogen) atoms. The van der Waals surface area contributed by atoms with E-state index >= 15 is 0 Å². The fraction of sp³-hybridized carbons (Fsp3) is 0.857. The average Bonchev–Trinajstić information content (AvgIpc) is 2.63. The van der Waals surface area contributed by atoms with Crippen LogP contribution in [0.15, 0.2) is 0 Å². The number of hydrogen-bond acceptors (Lipinski definition) is 4. The zero-order valence-electron chi connectivity index (χ0n) is 12.1. The molecule has 0 aromatic rings. The normalized spacial score (nSPS) is 26.2. The molecular formula is C14H24N2O3. The van der Waals surface area contributed by atoms with Crippen molar-refractivity contribution in [1.29, 1.82) is 0 Å². The predicted molar refractivity (Wildman–Crippen MR) is 71.6 cm³/mol. The summed E-state index contributed by atoms with van der Waals surface area (Å²) in [4.78, 5) is 28.0. The lowest BCUT2D eigenvalue weighted by Crippen LogP contribution is -2.44. The molecule has 2 rings (SSSR count). The molecule has 1 atom stereocenters. The number of carbonyl (C=O) groups is 2. The minimum Gasteiger partial charge on any atom is -0.464 e. The quantitative estimate of drug-likeness (QED) is 0.663. The van der Waals surface area contributed by atoms with Gasteiger partial charge in [-0.05, 0) is 6.42 Å². The molecule has 5 heteroatoms. The van der Waals surface area contributed by atoms with Crippen LogP contribution in [0.1, 0.15) is 33.6 Å². The van der Waals surface area contributed by atoms with E-state index in [1.807, 2.05) is 25.7 Å². The summed E-state index contributed by atoms with van der Waals surface area (Å²) in [5.74, 6) is 0.0962. The Balaban J connectivity index is 1.95. The highest BCUT2D eigenvalue weighted by atomic mass is 16.5. The van der Waals surface area contributed by atoms with E-state index in [1.165, 1.54) is 0 Å². The molecule has 0 unspecified atom stereocenters. The summed E-state index contributed by atoms with van der Waals surface area (Å²) in [6, 6.07) is -0.0929. The van der Waals surface area contributed by atoms with Crippen LogP contribution in [-0.4, -0.2) is 60.5 Å². The van der Waals surface area contributed by atoms with E-state index in [4.69, 9.17) is 4.74 Å². The van der Waals surface area contributed by atoms with Crippen molar-refractivity contribution in [2.24, 2.45) is 5.41 Å². The highest BCUT2D eigenvalue weighted by Gasteiger charge is 2.35. The monoisotopic (exact) mass is 268 g/mol. The Bertz CT molecular complexity index is 362. The summed E-state index contributed by atoms with van der Waals surface area (Å²) in [5, 5.41) is 0. The highest BCUT2D eigenvalue weighted by molar-refractivity contribution is 5.81. The summed E-state index contributed by atoms with van der Waals surface area (Å²) in [6.07, 6.45) is 1.71. The van der Waals surface area contributed by atoms with E-state index in [-0.39, 0.29) is 23.3 Å². The van der Waals surface area contributed by atoms with Gasteiger partial charge in [-0.3, -0.25) is 14.5 Å². The van der Waals surface area contributed by atoms with Gasteiger partial charge in [0, 0.05) is 38.0 Å². The van der Waals surface area contributed by atoms with Gasteiger partial charge in [-0.1, -0.05) is 20.8 Å². The minimum atomic E-state index is -0.332. The van der Waals surface area contributed by atoms with Crippen LogP contribution < -0.4 is 0 Å². The van der Waals surface area contributed by atoms with Crippen molar-refractivity contribution in [2.75, 3.05) is 32.8 Å². The van der Waals surface area contributed by atoms with Crippen molar-refractivity contribution >= 4 is 11.9 Å². The fourth-order valence-electron chi connectivity index (χ4n) is 2.74. The van der Waals surface area contributed by atoms with Crippen LogP contribution in [0.25, 0.3) is 0 Å². The second-order valence-corrected chi connectivity index (χ2v) is 6.40. The van der Waals surface area contributed by atoms with Gasteiger partial charge >= 0.3 is 5.97 Å². The lowest BCUT2D eigenvalue weighted by molar-refractivity contribution is -0.142. The molecule has 2 aliphatic rings. The van der Waals surface area contributed by atoms with Crippen LogP contribution in [0, 0.1) is 5.41 Å². The van der Waals surface area contributed by atoms with E-state index < -0.39 is 0 Å². The summed E-state index contributed by atoms with van der Waals surface area (Å²) in [6.45, 7) is 9.51. The molecule has 2 fully saturated rings. The molecule has 0 saturated carbocycles. The number of hydrogen-bond donors (Lipinski definition) is 0. The molecule has 0 aromatic carbocycles. The van der Waals surface area contributed by atoms with E-state index in [9.17, 15) is 9.59 Å². The van der Waals surface area contributed by atoms with Gasteiger partial charge in [0.15, 0.2) is 0 Å². The number of ether oxygens (including phenoxy) is 1. The van der Waals surface area contributed by atoms with E-state index in [0.717, 1.165) is 32.5 Å². The number of rotatable bonds is 1. The molecule has 0 aliphatic carbocycles. The van der Waals surface area contributed by atoms with Gasteiger partial charge in [0.05, 0.1) is 6.61 Å². The molecule has 108 valence electrons. The van der Waals surface area contributed by atoms with Crippen LogP contribution >= 0.6 is 0 Å². The maximum absolute atomic E-state index is 12.3. The third kappa shape index (κ3) is 3.26. The first kappa shape index (κ1) is 14.3. The van der Waals surface area contributed by atoms with Crippen molar-refractivity contribution in [2.45, 2.75) is 39.7 Å². The third-order valence-electron chi connectivity index (χ3n) is 3.81. The van der Waals surface area contributed by atoms with Crippen molar-refractivity contribution in [3.63, 3.8) is 0 Å². The standard InChI is InChI=1S/C14H24N2O3/c1-14(2,3)13(18)16-7-4-6-15(8-9-16)11-5-10-19-12(11)17/h11H,4-10H2,1-3H3/t11-/m1/s1. The second-order valence-electron chi connectivity index (χ2n) is 6.40. The van der Waals surface area contributed by atoms with Crippen molar-refractivity contribution < 1.29 is 14.3 Å². The highest BCUT2D eigenvalue weighted by Crippen LogP contribution is 2.21. The molecule has 2 heterocycles. The summed E-state index contributed by atoms with van der Waals surface area (Å²) in [5.41, 5.74) is -0.332. The van der Waals surface area contributed by atoms with Gasteiger partial charge in [-0.2, -0.15) is 0 Å². The molecular weight excluding hydrogens is 244 g/mol. The van der Waals surface area contributed by atoms with Crippen LogP contribution in [0.3, 0.4) is 0 Å². The van der Waals surface area contributed by atoms with Gasteiger partial charge < -0.3 is 9.64 Å². The Morgan fingerprint density at radius 2 is 1.95 bits per heavy atom. The third-order valence-corrected chi connectivity index (χ3v) is 3.81. The number of cyclic esters (lactones) is 1. The van der Waals surface area contributed by atoms with Crippen LogP contribution in [-0.2, 0) is 14.3 Å². The topological polar surface area (TPSA) is 49.9 Å². The largest absolute Gasteiger partial charge is 0.464 e. The van der Waals surface area contributed by atoms with E-state index in [0.29, 0.717) is 13.2 Å². The predicted octanol–water partition coefficient (Wildman–Crippen LogP) is 0.882. The molecule has 0 bridgehead atoms. The van der Waals surface area contributed by atoms with Crippen molar-refractivity contribution in [3.05, 3.63) is 0 Å². The van der Waals surface area contributed by atoms with Gasteiger partial charge in [0.25, 0.3) is 0 Å².